The lowest BCUT2D eigenvalue weighted by Crippen LogP contribution is -2.44. The summed E-state index contributed by atoms with van der Waals surface area (Å²) in [6.07, 6.45) is 2.71. The smallest absolute Gasteiger partial charge is 0.242 e. The summed E-state index contributed by atoms with van der Waals surface area (Å²) in [5.74, 6) is -0.0293. The van der Waals surface area contributed by atoms with Crippen LogP contribution in [0.5, 0.6) is 0 Å². The normalized spacial score (nSPS) is 18.1. The van der Waals surface area contributed by atoms with Crippen LogP contribution >= 0.6 is 0 Å². The average molecular weight is 275 g/mol. The van der Waals surface area contributed by atoms with E-state index in [9.17, 15) is 9.59 Å². The number of carbonyl (C=O) groups is 2. The van der Waals surface area contributed by atoms with E-state index in [1.54, 1.807) is 11.9 Å². The molecule has 1 saturated heterocycles. The molecule has 1 aliphatic rings. The van der Waals surface area contributed by atoms with Crippen LogP contribution < -0.4 is 11.1 Å². The van der Waals surface area contributed by atoms with Crippen molar-refractivity contribution in [3.63, 3.8) is 0 Å². The molecule has 0 saturated carbocycles. The first-order chi connectivity index (χ1) is 9.61. The van der Waals surface area contributed by atoms with E-state index < -0.39 is 0 Å². The zero-order chi connectivity index (χ0) is 14.5. The van der Waals surface area contributed by atoms with E-state index in [2.05, 4.69) is 5.32 Å². The number of amides is 2. The first-order valence-corrected chi connectivity index (χ1v) is 6.97. The Morgan fingerprint density at radius 3 is 2.95 bits per heavy atom. The molecule has 1 unspecified atom stereocenters. The number of likely N-dealkylation sites (tertiary alicyclic amines) is 1. The molecular weight excluding hydrogens is 254 g/mol. The van der Waals surface area contributed by atoms with Gasteiger partial charge in [0.15, 0.2) is 0 Å². The van der Waals surface area contributed by atoms with Gasteiger partial charge in [0.05, 0.1) is 0 Å². The molecule has 0 aliphatic carbocycles. The maximum absolute atomic E-state index is 12.2. The topological polar surface area (TPSA) is 75.4 Å². The molecule has 2 amide bonds. The van der Waals surface area contributed by atoms with Crippen LogP contribution in [-0.4, -0.2) is 36.3 Å². The number of nitrogens with one attached hydrogen (secondary N) is 1. The van der Waals surface area contributed by atoms with Gasteiger partial charge in [0, 0.05) is 25.7 Å². The average Bonchev–Trinajstić information content (AvgIpc) is 2.93. The van der Waals surface area contributed by atoms with Crippen molar-refractivity contribution in [3.8, 4) is 0 Å². The van der Waals surface area contributed by atoms with Gasteiger partial charge < -0.3 is 16.0 Å². The van der Waals surface area contributed by atoms with Crippen molar-refractivity contribution in [1.29, 1.82) is 0 Å². The minimum absolute atomic E-state index is 0.0403. The number of nitrogens with zero attached hydrogens (tertiary/aromatic N) is 1. The molecule has 3 N–H and O–H groups in total. The third kappa shape index (κ3) is 3.29. The number of aryl methyl sites for hydroxylation is 1. The van der Waals surface area contributed by atoms with E-state index in [4.69, 9.17) is 5.73 Å². The van der Waals surface area contributed by atoms with E-state index in [0.717, 1.165) is 18.4 Å². The van der Waals surface area contributed by atoms with Gasteiger partial charge in [-0.25, -0.2) is 0 Å². The quantitative estimate of drug-likeness (QED) is 0.803. The van der Waals surface area contributed by atoms with Crippen molar-refractivity contribution in [3.05, 3.63) is 29.8 Å². The monoisotopic (exact) mass is 275 g/mol. The van der Waals surface area contributed by atoms with Crippen molar-refractivity contribution in [1.82, 2.24) is 10.2 Å². The Kier molecular flexibility index (Phi) is 4.61. The highest BCUT2D eigenvalue weighted by molar-refractivity contribution is 5.88. The number of anilines is 1. The summed E-state index contributed by atoms with van der Waals surface area (Å²) in [6.45, 7) is 0.674. The van der Waals surface area contributed by atoms with Gasteiger partial charge in [0.2, 0.25) is 11.8 Å². The van der Waals surface area contributed by atoms with E-state index in [1.165, 1.54) is 0 Å². The van der Waals surface area contributed by atoms with Crippen molar-refractivity contribution >= 4 is 17.5 Å². The minimum Gasteiger partial charge on any atom is -0.399 e. The largest absolute Gasteiger partial charge is 0.399 e. The maximum atomic E-state index is 12.2. The molecule has 2 rings (SSSR count). The molecule has 0 bridgehead atoms. The van der Waals surface area contributed by atoms with Crippen LogP contribution in [0, 0.1) is 0 Å². The highest BCUT2D eigenvalue weighted by atomic mass is 16.2. The number of hydrogen-bond donors (Lipinski definition) is 2. The van der Waals surface area contributed by atoms with Crippen LogP contribution in [-0.2, 0) is 16.0 Å². The lowest BCUT2D eigenvalue weighted by Gasteiger charge is -2.23. The van der Waals surface area contributed by atoms with Gasteiger partial charge in [-0.05, 0) is 37.0 Å². The van der Waals surface area contributed by atoms with Crippen molar-refractivity contribution in [2.75, 3.05) is 19.3 Å². The Labute approximate surface area is 119 Å². The van der Waals surface area contributed by atoms with Crippen LogP contribution in [0.25, 0.3) is 0 Å². The third-order valence-electron chi connectivity index (χ3n) is 3.70. The van der Waals surface area contributed by atoms with E-state index >= 15 is 0 Å². The van der Waals surface area contributed by atoms with E-state index in [0.29, 0.717) is 25.1 Å². The molecule has 1 aromatic rings. The fraction of sp³-hybridized carbons (Fsp3) is 0.467. The maximum Gasteiger partial charge on any atom is 0.242 e. The predicted octanol–water partition coefficient (Wildman–Crippen LogP) is 0.938. The van der Waals surface area contributed by atoms with Crippen molar-refractivity contribution in [2.24, 2.45) is 0 Å². The zero-order valence-corrected chi connectivity index (χ0v) is 11.8. The van der Waals surface area contributed by atoms with Gasteiger partial charge in [-0.1, -0.05) is 12.1 Å². The Balaban J connectivity index is 1.93. The fourth-order valence-corrected chi connectivity index (χ4v) is 2.65. The van der Waals surface area contributed by atoms with Gasteiger partial charge in [0.25, 0.3) is 0 Å². The van der Waals surface area contributed by atoms with Gasteiger partial charge in [-0.15, -0.1) is 0 Å². The number of nitrogen functional groups attached to an aromatic ring is 1. The van der Waals surface area contributed by atoms with Gasteiger partial charge in [0.1, 0.15) is 6.04 Å². The number of carbonyl (C=O) groups excluding carboxylic acids is 2. The molecular formula is C15H21N3O2. The summed E-state index contributed by atoms with van der Waals surface area (Å²) in [4.78, 5) is 25.7. The van der Waals surface area contributed by atoms with E-state index in [-0.39, 0.29) is 17.9 Å². The molecule has 0 radical (unpaired) electrons. The molecule has 1 aromatic carbocycles. The summed E-state index contributed by atoms with van der Waals surface area (Å²) < 4.78 is 0. The highest BCUT2D eigenvalue weighted by Crippen LogP contribution is 2.19. The number of benzene rings is 1. The number of likely N-dealkylation sites (N-methyl/N-ethyl adjacent to an activating group) is 1. The van der Waals surface area contributed by atoms with Crippen LogP contribution in [0.3, 0.4) is 0 Å². The van der Waals surface area contributed by atoms with Crippen LogP contribution in [0.1, 0.15) is 24.8 Å². The summed E-state index contributed by atoms with van der Waals surface area (Å²) in [5.41, 5.74) is 7.48. The summed E-state index contributed by atoms with van der Waals surface area (Å²) >= 11 is 0. The number of rotatable bonds is 4. The van der Waals surface area contributed by atoms with Gasteiger partial charge in [-0.2, -0.15) is 0 Å². The Hall–Kier alpha value is -2.04. The highest BCUT2D eigenvalue weighted by Gasteiger charge is 2.32. The lowest BCUT2D eigenvalue weighted by molar-refractivity contribution is -0.138. The fourth-order valence-electron chi connectivity index (χ4n) is 2.65. The van der Waals surface area contributed by atoms with Crippen LogP contribution in [0.15, 0.2) is 24.3 Å². The SMILES string of the molecule is CNC(=O)C1CCCN1C(=O)CCc1cccc(N)c1. The van der Waals surface area contributed by atoms with Crippen LogP contribution in [0.4, 0.5) is 5.69 Å². The standard InChI is InChI=1S/C15H21N3O2/c1-17-15(20)13-6-3-9-18(13)14(19)8-7-11-4-2-5-12(16)10-11/h2,4-5,10,13H,3,6-9,16H2,1H3,(H,17,20). The Morgan fingerprint density at radius 2 is 2.25 bits per heavy atom. The third-order valence-corrected chi connectivity index (χ3v) is 3.70. The summed E-state index contributed by atoms with van der Waals surface area (Å²) in [5, 5.41) is 2.62. The molecule has 1 fully saturated rings. The van der Waals surface area contributed by atoms with Crippen LogP contribution in [0.2, 0.25) is 0 Å². The van der Waals surface area contributed by atoms with Gasteiger partial charge >= 0.3 is 0 Å². The molecule has 0 aromatic heterocycles. The number of nitrogens with two attached hydrogens (primary N) is 1. The lowest BCUT2D eigenvalue weighted by atomic mass is 10.1. The van der Waals surface area contributed by atoms with E-state index in [1.807, 2.05) is 24.3 Å². The van der Waals surface area contributed by atoms with Gasteiger partial charge in [-0.3, -0.25) is 9.59 Å². The molecule has 5 heteroatoms. The molecule has 108 valence electrons. The molecule has 1 atom stereocenters. The predicted molar refractivity (Wildman–Crippen MR) is 78.0 cm³/mol. The first kappa shape index (κ1) is 14.4. The first-order valence-electron chi connectivity index (χ1n) is 6.97. The van der Waals surface area contributed by atoms with Crippen molar-refractivity contribution in [2.45, 2.75) is 31.7 Å². The number of hydrogen-bond acceptors (Lipinski definition) is 3. The zero-order valence-electron chi connectivity index (χ0n) is 11.8. The Bertz CT molecular complexity index is 502. The molecule has 1 aliphatic heterocycles. The minimum atomic E-state index is -0.298. The summed E-state index contributed by atoms with van der Waals surface area (Å²) in [6, 6.07) is 7.26. The molecule has 0 spiro atoms. The Morgan fingerprint density at radius 1 is 1.45 bits per heavy atom. The van der Waals surface area contributed by atoms with Crippen molar-refractivity contribution < 1.29 is 9.59 Å². The second-order valence-corrected chi connectivity index (χ2v) is 5.10. The molecule has 1 heterocycles. The second kappa shape index (κ2) is 6.41. The second-order valence-electron chi connectivity index (χ2n) is 5.10. The summed E-state index contributed by atoms with van der Waals surface area (Å²) in [7, 11) is 1.61. The molecule has 20 heavy (non-hydrogen) atoms. The molecule has 5 nitrogen and oxygen atoms in total.